The molecule has 1 atom stereocenters. The van der Waals surface area contributed by atoms with E-state index < -0.39 is 27.8 Å². The molecule has 146 valence electrons. The topological polar surface area (TPSA) is 75.7 Å². The fraction of sp³-hybridized carbons (Fsp3) is 0.278. The molecule has 9 heteroatoms. The lowest BCUT2D eigenvalue weighted by Crippen LogP contribution is -2.47. The van der Waals surface area contributed by atoms with Gasteiger partial charge in [-0.15, -0.1) is 0 Å². The Labute approximate surface area is 162 Å². The van der Waals surface area contributed by atoms with E-state index in [1.54, 1.807) is 31.2 Å². The van der Waals surface area contributed by atoms with Crippen molar-refractivity contribution in [2.75, 3.05) is 23.0 Å². The molecule has 0 spiro atoms. The lowest BCUT2D eigenvalue weighted by Gasteiger charge is -2.30. The van der Waals surface area contributed by atoms with Gasteiger partial charge in [-0.25, -0.2) is 12.8 Å². The number of carbonyl (C=O) groups is 1. The molecule has 2 aromatic rings. The molecule has 0 radical (unpaired) electrons. The molecule has 0 saturated heterocycles. The third-order valence-electron chi connectivity index (χ3n) is 3.84. The molecule has 0 heterocycles. The van der Waals surface area contributed by atoms with Crippen LogP contribution in [0.25, 0.3) is 0 Å². The van der Waals surface area contributed by atoms with E-state index in [9.17, 15) is 17.6 Å². The molecule has 1 unspecified atom stereocenters. The van der Waals surface area contributed by atoms with Gasteiger partial charge in [-0.2, -0.15) is 0 Å². The number of anilines is 2. The molecule has 27 heavy (non-hydrogen) atoms. The van der Waals surface area contributed by atoms with Gasteiger partial charge in [0.25, 0.3) is 0 Å². The van der Waals surface area contributed by atoms with Crippen LogP contribution in [0, 0.1) is 5.82 Å². The smallest absolute Gasteiger partial charge is 0.248 e. The van der Waals surface area contributed by atoms with E-state index in [1.165, 1.54) is 19.2 Å². The van der Waals surface area contributed by atoms with Crippen molar-refractivity contribution in [3.63, 3.8) is 0 Å². The summed E-state index contributed by atoms with van der Waals surface area (Å²) in [4.78, 5) is 12.8. The van der Waals surface area contributed by atoms with Crippen molar-refractivity contribution in [3.05, 3.63) is 53.3 Å². The van der Waals surface area contributed by atoms with Gasteiger partial charge in [0.2, 0.25) is 15.9 Å². The normalized spacial score (nSPS) is 12.3. The molecule has 6 nitrogen and oxygen atoms in total. The number of halogens is 2. The number of hydrogen-bond donors (Lipinski definition) is 1. The summed E-state index contributed by atoms with van der Waals surface area (Å²) >= 11 is 5.78. The predicted molar refractivity (Wildman–Crippen MR) is 104 cm³/mol. The van der Waals surface area contributed by atoms with Gasteiger partial charge in [-0.3, -0.25) is 9.10 Å². The van der Waals surface area contributed by atoms with Crippen LogP contribution >= 0.6 is 11.6 Å². The third-order valence-corrected chi connectivity index (χ3v) is 5.31. The Kier molecular flexibility index (Phi) is 6.67. The first-order chi connectivity index (χ1) is 12.7. The molecule has 0 aliphatic heterocycles. The SMILES string of the molecule is CCC(C(=O)Nc1ccc(OC)cc1)N(c1ccc(F)c(Cl)c1)S(C)(=O)=O. The quantitative estimate of drug-likeness (QED) is 0.750. The standard InChI is InChI=1S/C18H20ClFN2O4S/c1-4-17(18(23)21-12-5-8-14(26-2)9-6-12)22(27(3,24)25)13-7-10-16(20)15(19)11-13/h5-11,17H,4H2,1-3H3,(H,21,23). The van der Waals surface area contributed by atoms with E-state index in [-0.39, 0.29) is 17.1 Å². The van der Waals surface area contributed by atoms with E-state index in [0.29, 0.717) is 11.4 Å². The lowest BCUT2D eigenvalue weighted by atomic mass is 10.1. The zero-order chi connectivity index (χ0) is 20.2. The first-order valence-corrected chi connectivity index (χ1v) is 10.3. The second-order valence-electron chi connectivity index (χ2n) is 5.80. The summed E-state index contributed by atoms with van der Waals surface area (Å²) in [6.07, 6.45) is 1.18. The van der Waals surface area contributed by atoms with Gasteiger partial charge in [0.1, 0.15) is 17.6 Å². The van der Waals surface area contributed by atoms with Crippen molar-refractivity contribution in [1.29, 1.82) is 0 Å². The van der Waals surface area contributed by atoms with E-state index >= 15 is 0 Å². The summed E-state index contributed by atoms with van der Waals surface area (Å²) < 4.78 is 44.2. The largest absolute Gasteiger partial charge is 0.497 e. The summed E-state index contributed by atoms with van der Waals surface area (Å²) in [5.41, 5.74) is 0.602. The van der Waals surface area contributed by atoms with Crippen LogP contribution in [0.1, 0.15) is 13.3 Å². The second-order valence-corrected chi connectivity index (χ2v) is 8.07. The van der Waals surface area contributed by atoms with E-state index in [4.69, 9.17) is 16.3 Å². The van der Waals surface area contributed by atoms with Gasteiger partial charge in [-0.1, -0.05) is 18.5 Å². The van der Waals surface area contributed by atoms with Crippen molar-refractivity contribution in [2.24, 2.45) is 0 Å². The first kappa shape index (κ1) is 21.0. The van der Waals surface area contributed by atoms with Crippen LogP contribution in [0.4, 0.5) is 15.8 Å². The maximum atomic E-state index is 13.5. The minimum absolute atomic E-state index is 0.112. The fourth-order valence-electron chi connectivity index (χ4n) is 2.58. The van der Waals surface area contributed by atoms with Gasteiger partial charge in [0, 0.05) is 5.69 Å². The number of hydrogen-bond acceptors (Lipinski definition) is 4. The summed E-state index contributed by atoms with van der Waals surface area (Å²) in [7, 11) is -2.31. The number of methoxy groups -OCH3 is 1. The molecule has 0 aromatic heterocycles. The molecule has 0 aliphatic rings. The summed E-state index contributed by atoms with van der Waals surface area (Å²) in [5.74, 6) is -0.572. The maximum Gasteiger partial charge on any atom is 0.248 e. The Morgan fingerprint density at radius 3 is 2.37 bits per heavy atom. The van der Waals surface area contributed by atoms with Crippen LogP contribution in [0.3, 0.4) is 0 Å². The van der Waals surface area contributed by atoms with Crippen molar-refractivity contribution >= 4 is 38.9 Å². The zero-order valence-corrected chi connectivity index (χ0v) is 16.6. The van der Waals surface area contributed by atoms with Crippen molar-refractivity contribution in [3.8, 4) is 5.75 Å². The molecule has 1 N–H and O–H groups in total. The third kappa shape index (κ3) is 5.11. The van der Waals surface area contributed by atoms with E-state index in [2.05, 4.69) is 5.32 Å². The monoisotopic (exact) mass is 414 g/mol. The number of ether oxygens (including phenoxy) is 1. The van der Waals surface area contributed by atoms with Crippen LogP contribution in [0.2, 0.25) is 5.02 Å². The predicted octanol–water partition coefficient (Wildman–Crippen LogP) is 3.67. The van der Waals surface area contributed by atoms with Crippen molar-refractivity contribution in [1.82, 2.24) is 0 Å². The molecule has 2 aromatic carbocycles. The number of carbonyl (C=O) groups excluding carboxylic acids is 1. The van der Waals surface area contributed by atoms with Gasteiger partial charge in [-0.05, 0) is 48.9 Å². The van der Waals surface area contributed by atoms with Gasteiger partial charge < -0.3 is 10.1 Å². The average Bonchev–Trinajstić information content (AvgIpc) is 2.61. The highest BCUT2D eigenvalue weighted by Gasteiger charge is 2.32. The highest BCUT2D eigenvalue weighted by Crippen LogP contribution is 2.28. The molecule has 2 rings (SSSR count). The molecule has 0 bridgehead atoms. The summed E-state index contributed by atoms with van der Waals surface area (Å²) in [6, 6.07) is 9.10. The number of nitrogens with one attached hydrogen (secondary N) is 1. The number of sulfonamides is 1. The molecule has 0 fully saturated rings. The highest BCUT2D eigenvalue weighted by molar-refractivity contribution is 7.92. The highest BCUT2D eigenvalue weighted by atomic mass is 35.5. The van der Waals surface area contributed by atoms with Crippen LogP contribution in [-0.2, 0) is 14.8 Å². The van der Waals surface area contributed by atoms with Crippen LogP contribution in [0.15, 0.2) is 42.5 Å². The van der Waals surface area contributed by atoms with Crippen LogP contribution in [-0.4, -0.2) is 33.7 Å². The zero-order valence-electron chi connectivity index (χ0n) is 15.1. The number of benzene rings is 2. The molecular formula is C18H20ClFN2O4S. The van der Waals surface area contributed by atoms with Gasteiger partial charge in [0.05, 0.1) is 24.1 Å². The Balaban J connectivity index is 2.36. The number of amides is 1. The molecule has 1 amide bonds. The summed E-state index contributed by atoms with van der Waals surface area (Å²) in [6.45, 7) is 1.68. The molecule has 0 aliphatic carbocycles. The van der Waals surface area contributed by atoms with Gasteiger partial charge >= 0.3 is 0 Å². The Morgan fingerprint density at radius 2 is 1.89 bits per heavy atom. The van der Waals surface area contributed by atoms with E-state index in [0.717, 1.165) is 16.6 Å². The van der Waals surface area contributed by atoms with Gasteiger partial charge in [0.15, 0.2) is 0 Å². The summed E-state index contributed by atoms with van der Waals surface area (Å²) in [5, 5.41) is 2.45. The van der Waals surface area contributed by atoms with Crippen LogP contribution < -0.4 is 14.4 Å². The minimum Gasteiger partial charge on any atom is -0.497 e. The maximum absolute atomic E-state index is 13.5. The number of nitrogens with zero attached hydrogens (tertiary/aromatic N) is 1. The van der Waals surface area contributed by atoms with Crippen molar-refractivity contribution < 1.29 is 22.3 Å². The first-order valence-electron chi connectivity index (χ1n) is 8.06. The molecule has 0 saturated carbocycles. The Hall–Kier alpha value is -2.32. The van der Waals surface area contributed by atoms with E-state index in [1.807, 2.05) is 0 Å². The molecular weight excluding hydrogens is 395 g/mol. The van der Waals surface area contributed by atoms with Crippen LogP contribution in [0.5, 0.6) is 5.75 Å². The Bertz CT molecular complexity index is 919. The van der Waals surface area contributed by atoms with Crippen molar-refractivity contribution in [2.45, 2.75) is 19.4 Å². The fourth-order valence-corrected chi connectivity index (χ4v) is 3.96. The minimum atomic E-state index is -3.84. The lowest BCUT2D eigenvalue weighted by molar-refractivity contribution is -0.117. The second kappa shape index (κ2) is 8.58. The number of rotatable bonds is 7. The Morgan fingerprint density at radius 1 is 1.26 bits per heavy atom. The average molecular weight is 415 g/mol.